The van der Waals surface area contributed by atoms with E-state index in [0.717, 1.165) is 51.5 Å². The highest BCUT2D eigenvalue weighted by atomic mass is 16.2. The van der Waals surface area contributed by atoms with Crippen LogP contribution in [0.5, 0.6) is 0 Å². The minimum absolute atomic E-state index is 0.0132. The van der Waals surface area contributed by atoms with Gasteiger partial charge in [0.25, 0.3) is 5.91 Å². The van der Waals surface area contributed by atoms with E-state index in [-0.39, 0.29) is 5.91 Å². The van der Waals surface area contributed by atoms with Crippen LogP contribution in [0.25, 0.3) is 0 Å². The van der Waals surface area contributed by atoms with E-state index in [0.29, 0.717) is 5.69 Å². The van der Waals surface area contributed by atoms with Crippen molar-refractivity contribution >= 4 is 11.7 Å². The van der Waals surface area contributed by atoms with Crippen LogP contribution in [-0.4, -0.2) is 65.2 Å². The highest BCUT2D eigenvalue weighted by Gasteiger charge is 2.22. The molecule has 1 aliphatic rings. The Kier molecular flexibility index (Phi) is 6.58. The van der Waals surface area contributed by atoms with Crippen molar-refractivity contribution in [3.63, 3.8) is 0 Å². The molecule has 0 aromatic carbocycles. The van der Waals surface area contributed by atoms with Gasteiger partial charge in [0.1, 0.15) is 5.82 Å². The van der Waals surface area contributed by atoms with Crippen LogP contribution in [0, 0.1) is 0 Å². The topological polar surface area (TPSA) is 61.4 Å². The summed E-state index contributed by atoms with van der Waals surface area (Å²) in [6.45, 7) is 9.68. The Morgan fingerprint density at radius 1 is 1.14 bits per heavy atom. The zero-order valence-electron chi connectivity index (χ0n) is 13.7. The fourth-order valence-corrected chi connectivity index (χ4v) is 2.56. The number of aromatic nitrogens is 2. The smallest absolute Gasteiger partial charge is 0.274 e. The first-order chi connectivity index (χ1) is 10.7. The summed E-state index contributed by atoms with van der Waals surface area (Å²) >= 11 is 0. The van der Waals surface area contributed by atoms with E-state index in [1.807, 2.05) is 11.0 Å². The van der Waals surface area contributed by atoms with Crippen LogP contribution in [0.3, 0.4) is 0 Å². The molecule has 1 amide bonds. The van der Waals surface area contributed by atoms with E-state index < -0.39 is 0 Å². The summed E-state index contributed by atoms with van der Waals surface area (Å²) in [5.74, 6) is 0.726. The van der Waals surface area contributed by atoms with Gasteiger partial charge in [0.2, 0.25) is 0 Å². The molecule has 1 aromatic rings. The Morgan fingerprint density at radius 3 is 2.50 bits per heavy atom. The SMILES string of the molecule is CCCCCNc1ccc(C(=O)N2CCN(CC)CC2)nn1. The van der Waals surface area contributed by atoms with Crippen LogP contribution in [0.4, 0.5) is 5.82 Å². The average Bonchev–Trinajstić information content (AvgIpc) is 2.59. The number of amides is 1. The first-order valence-electron chi connectivity index (χ1n) is 8.33. The number of nitrogens with one attached hydrogen (secondary N) is 1. The van der Waals surface area contributed by atoms with E-state index in [9.17, 15) is 4.79 Å². The largest absolute Gasteiger partial charge is 0.369 e. The third kappa shape index (κ3) is 4.66. The summed E-state index contributed by atoms with van der Waals surface area (Å²) in [5.41, 5.74) is 0.434. The van der Waals surface area contributed by atoms with Gasteiger partial charge in [-0.2, -0.15) is 0 Å². The molecule has 0 saturated carbocycles. The monoisotopic (exact) mass is 305 g/mol. The van der Waals surface area contributed by atoms with Gasteiger partial charge < -0.3 is 15.1 Å². The Hall–Kier alpha value is -1.69. The predicted octanol–water partition coefficient (Wildman–Crippen LogP) is 1.86. The number of unbranched alkanes of at least 4 members (excludes halogenated alkanes) is 2. The Bertz CT molecular complexity index is 454. The van der Waals surface area contributed by atoms with Crippen LogP contribution >= 0.6 is 0 Å². The number of anilines is 1. The van der Waals surface area contributed by atoms with Crippen LogP contribution < -0.4 is 5.32 Å². The molecule has 0 spiro atoms. The van der Waals surface area contributed by atoms with E-state index in [1.165, 1.54) is 12.8 Å². The van der Waals surface area contributed by atoms with Crippen molar-refractivity contribution in [3.05, 3.63) is 17.8 Å². The Morgan fingerprint density at radius 2 is 1.91 bits per heavy atom. The van der Waals surface area contributed by atoms with Gasteiger partial charge in [0.05, 0.1) is 0 Å². The Labute approximate surface area is 132 Å². The second-order valence-electron chi connectivity index (χ2n) is 5.66. The van der Waals surface area contributed by atoms with Gasteiger partial charge in [-0.1, -0.05) is 26.7 Å². The third-order valence-corrected chi connectivity index (χ3v) is 4.08. The number of hydrogen-bond donors (Lipinski definition) is 1. The van der Waals surface area contributed by atoms with Gasteiger partial charge in [-0.3, -0.25) is 4.79 Å². The third-order valence-electron chi connectivity index (χ3n) is 4.08. The number of nitrogens with zero attached hydrogens (tertiary/aromatic N) is 4. The maximum atomic E-state index is 12.4. The van der Waals surface area contributed by atoms with E-state index in [2.05, 4.69) is 34.3 Å². The number of piperazine rings is 1. The zero-order valence-corrected chi connectivity index (χ0v) is 13.7. The molecule has 6 nitrogen and oxygen atoms in total. The van der Waals surface area contributed by atoms with E-state index in [4.69, 9.17) is 0 Å². The second kappa shape index (κ2) is 8.68. The first-order valence-corrected chi connectivity index (χ1v) is 8.33. The molecule has 2 heterocycles. The minimum Gasteiger partial charge on any atom is -0.369 e. The Balaban J connectivity index is 1.83. The lowest BCUT2D eigenvalue weighted by Crippen LogP contribution is -2.48. The highest BCUT2D eigenvalue weighted by Crippen LogP contribution is 2.08. The predicted molar refractivity (Wildman–Crippen MR) is 88.1 cm³/mol. The van der Waals surface area contributed by atoms with E-state index >= 15 is 0 Å². The van der Waals surface area contributed by atoms with Crippen molar-refractivity contribution in [1.29, 1.82) is 0 Å². The molecule has 1 saturated heterocycles. The van der Waals surface area contributed by atoms with Crippen LogP contribution in [-0.2, 0) is 0 Å². The number of rotatable bonds is 7. The van der Waals surface area contributed by atoms with Crippen LogP contribution in [0.15, 0.2) is 12.1 Å². The lowest BCUT2D eigenvalue weighted by atomic mass is 10.2. The highest BCUT2D eigenvalue weighted by molar-refractivity contribution is 5.92. The lowest BCUT2D eigenvalue weighted by molar-refractivity contribution is 0.0636. The fraction of sp³-hybridized carbons (Fsp3) is 0.688. The second-order valence-corrected chi connectivity index (χ2v) is 5.66. The molecule has 2 rings (SSSR count). The number of carbonyl (C=O) groups excluding carboxylic acids is 1. The van der Waals surface area contributed by atoms with Crippen molar-refractivity contribution in [2.24, 2.45) is 0 Å². The molecule has 1 fully saturated rings. The molecule has 1 aromatic heterocycles. The summed E-state index contributed by atoms with van der Waals surface area (Å²) in [6, 6.07) is 3.61. The normalized spacial score (nSPS) is 15.8. The molecular formula is C16H27N5O. The molecule has 22 heavy (non-hydrogen) atoms. The summed E-state index contributed by atoms with van der Waals surface area (Å²) in [7, 11) is 0. The molecule has 0 radical (unpaired) electrons. The number of likely N-dealkylation sites (N-methyl/N-ethyl adjacent to an activating group) is 1. The quantitative estimate of drug-likeness (QED) is 0.779. The first kappa shape index (κ1) is 16.7. The van der Waals surface area contributed by atoms with Crippen molar-refractivity contribution in [2.75, 3.05) is 44.6 Å². The molecular weight excluding hydrogens is 278 g/mol. The molecule has 0 atom stereocenters. The van der Waals surface area contributed by atoms with Gasteiger partial charge in [-0.25, -0.2) is 0 Å². The van der Waals surface area contributed by atoms with Gasteiger partial charge in [0.15, 0.2) is 5.69 Å². The summed E-state index contributed by atoms with van der Waals surface area (Å²) in [4.78, 5) is 16.6. The van der Waals surface area contributed by atoms with E-state index in [1.54, 1.807) is 6.07 Å². The maximum Gasteiger partial charge on any atom is 0.274 e. The van der Waals surface area contributed by atoms with Crippen LogP contribution in [0.1, 0.15) is 43.6 Å². The lowest BCUT2D eigenvalue weighted by Gasteiger charge is -2.33. The molecule has 122 valence electrons. The molecule has 1 aliphatic heterocycles. The summed E-state index contributed by atoms with van der Waals surface area (Å²) < 4.78 is 0. The fourth-order valence-electron chi connectivity index (χ4n) is 2.56. The number of hydrogen-bond acceptors (Lipinski definition) is 5. The standard InChI is InChI=1S/C16H27N5O/c1-3-5-6-9-17-15-8-7-14(18-19-15)16(22)21-12-10-20(4-2)11-13-21/h7-8H,3-6,9-13H2,1-2H3,(H,17,19). The molecule has 6 heteroatoms. The molecule has 0 unspecified atom stereocenters. The molecule has 0 aliphatic carbocycles. The van der Waals surface area contributed by atoms with Gasteiger partial charge >= 0.3 is 0 Å². The number of carbonyl (C=O) groups is 1. The van der Waals surface area contributed by atoms with Crippen LogP contribution in [0.2, 0.25) is 0 Å². The molecule has 0 bridgehead atoms. The summed E-state index contributed by atoms with van der Waals surface area (Å²) in [5, 5.41) is 11.4. The van der Waals surface area contributed by atoms with Crippen molar-refractivity contribution in [3.8, 4) is 0 Å². The van der Waals surface area contributed by atoms with Crippen molar-refractivity contribution in [2.45, 2.75) is 33.1 Å². The van der Waals surface area contributed by atoms with Gasteiger partial charge in [-0.15, -0.1) is 10.2 Å². The van der Waals surface area contributed by atoms with Crippen molar-refractivity contribution < 1.29 is 4.79 Å². The summed E-state index contributed by atoms with van der Waals surface area (Å²) in [6.07, 6.45) is 3.54. The molecule has 1 N–H and O–H groups in total. The zero-order chi connectivity index (χ0) is 15.8. The average molecular weight is 305 g/mol. The maximum absolute atomic E-state index is 12.4. The van der Waals surface area contributed by atoms with Crippen molar-refractivity contribution in [1.82, 2.24) is 20.0 Å². The van der Waals surface area contributed by atoms with Gasteiger partial charge in [-0.05, 0) is 25.1 Å². The van der Waals surface area contributed by atoms with Gasteiger partial charge in [0, 0.05) is 32.7 Å². The minimum atomic E-state index is -0.0132.